The Hall–Kier alpha value is -2.19. The van der Waals surface area contributed by atoms with Crippen LogP contribution >= 0.6 is 35.0 Å². The first-order chi connectivity index (χ1) is 16.7. The van der Waals surface area contributed by atoms with E-state index in [1.807, 2.05) is 44.2 Å². The van der Waals surface area contributed by atoms with E-state index < -0.39 is 10.0 Å². The lowest BCUT2D eigenvalue weighted by atomic mass is 10.1. The predicted molar refractivity (Wildman–Crippen MR) is 147 cm³/mol. The van der Waals surface area contributed by atoms with Gasteiger partial charge in [0.2, 0.25) is 5.91 Å². The van der Waals surface area contributed by atoms with Gasteiger partial charge < -0.3 is 5.32 Å². The molecule has 0 unspecified atom stereocenters. The van der Waals surface area contributed by atoms with E-state index in [1.165, 1.54) is 24.3 Å². The molecule has 35 heavy (non-hydrogen) atoms. The summed E-state index contributed by atoms with van der Waals surface area (Å²) in [6.45, 7) is 4.00. The first-order valence-electron chi connectivity index (χ1n) is 11.1. The SMILES string of the molecule is Cc1ccc(N(CC(=O)NCCCSCc2ccccc2Cl)S(=O)(=O)c2ccc(Cl)cc2)cc1C. The Kier molecular flexibility index (Phi) is 9.92. The zero-order valence-corrected chi connectivity index (χ0v) is 22.8. The summed E-state index contributed by atoms with van der Waals surface area (Å²) < 4.78 is 28.0. The van der Waals surface area contributed by atoms with Crippen LogP contribution in [0.5, 0.6) is 0 Å². The number of carbonyl (C=O) groups is 1. The highest BCUT2D eigenvalue weighted by atomic mass is 35.5. The van der Waals surface area contributed by atoms with Crippen molar-refractivity contribution in [3.05, 3.63) is 93.5 Å². The topological polar surface area (TPSA) is 66.5 Å². The third-order valence-electron chi connectivity index (χ3n) is 5.47. The molecule has 3 rings (SSSR count). The van der Waals surface area contributed by atoms with Crippen molar-refractivity contribution in [1.82, 2.24) is 5.32 Å². The first kappa shape index (κ1) is 27.4. The average Bonchev–Trinajstić information content (AvgIpc) is 2.83. The van der Waals surface area contributed by atoms with Crippen LogP contribution in [0.15, 0.2) is 71.6 Å². The Balaban J connectivity index is 1.62. The van der Waals surface area contributed by atoms with E-state index in [9.17, 15) is 13.2 Å². The second-order valence-corrected chi connectivity index (χ2v) is 11.9. The van der Waals surface area contributed by atoms with Crippen LogP contribution in [-0.4, -0.2) is 33.2 Å². The molecule has 3 aromatic carbocycles. The minimum Gasteiger partial charge on any atom is -0.354 e. The van der Waals surface area contributed by atoms with Crippen LogP contribution in [0.3, 0.4) is 0 Å². The highest BCUT2D eigenvalue weighted by Crippen LogP contribution is 2.26. The lowest BCUT2D eigenvalue weighted by molar-refractivity contribution is -0.119. The zero-order chi connectivity index (χ0) is 25.4. The van der Waals surface area contributed by atoms with Crippen LogP contribution in [0.4, 0.5) is 5.69 Å². The number of hydrogen-bond donors (Lipinski definition) is 1. The fourth-order valence-electron chi connectivity index (χ4n) is 3.32. The minimum atomic E-state index is -3.97. The van der Waals surface area contributed by atoms with Gasteiger partial charge in [0, 0.05) is 22.3 Å². The van der Waals surface area contributed by atoms with Gasteiger partial charge >= 0.3 is 0 Å². The Labute approximate surface area is 221 Å². The molecule has 0 spiro atoms. The summed E-state index contributed by atoms with van der Waals surface area (Å²) in [5.41, 5.74) is 3.50. The van der Waals surface area contributed by atoms with Crippen molar-refractivity contribution in [2.75, 3.05) is 23.1 Å². The van der Waals surface area contributed by atoms with Gasteiger partial charge in [0.25, 0.3) is 10.0 Å². The molecule has 186 valence electrons. The lowest BCUT2D eigenvalue weighted by Gasteiger charge is -2.25. The molecule has 0 aliphatic rings. The molecule has 9 heteroatoms. The number of amides is 1. The summed E-state index contributed by atoms with van der Waals surface area (Å²) >= 11 is 13.9. The number of benzene rings is 3. The summed E-state index contributed by atoms with van der Waals surface area (Å²) in [6, 6.07) is 19.0. The van der Waals surface area contributed by atoms with Gasteiger partial charge in [0.15, 0.2) is 0 Å². The molecular formula is C26H28Cl2N2O3S2. The van der Waals surface area contributed by atoms with Gasteiger partial charge in [-0.15, -0.1) is 0 Å². The fraction of sp³-hybridized carbons (Fsp3) is 0.269. The molecule has 1 N–H and O–H groups in total. The Morgan fingerprint density at radius 1 is 0.971 bits per heavy atom. The number of hydrogen-bond acceptors (Lipinski definition) is 4. The van der Waals surface area contributed by atoms with Gasteiger partial charge in [-0.05, 0) is 85.2 Å². The summed E-state index contributed by atoms with van der Waals surface area (Å²) in [4.78, 5) is 12.8. The van der Waals surface area contributed by atoms with Crippen molar-refractivity contribution in [1.29, 1.82) is 0 Å². The minimum absolute atomic E-state index is 0.0731. The summed E-state index contributed by atoms with van der Waals surface area (Å²) in [6.07, 6.45) is 0.758. The van der Waals surface area contributed by atoms with Gasteiger partial charge in [-0.3, -0.25) is 9.10 Å². The number of nitrogens with zero attached hydrogens (tertiary/aromatic N) is 1. The molecule has 1 amide bonds. The quantitative estimate of drug-likeness (QED) is 0.287. The number of nitrogens with one attached hydrogen (secondary N) is 1. The van der Waals surface area contributed by atoms with Crippen LogP contribution in [0.25, 0.3) is 0 Å². The van der Waals surface area contributed by atoms with E-state index in [0.29, 0.717) is 17.3 Å². The second kappa shape index (κ2) is 12.7. The monoisotopic (exact) mass is 550 g/mol. The maximum atomic E-state index is 13.4. The smallest absolute Gasteiger partial charge is 0.264 e. The molecular weight excluding hydrogens is 523 g/mol. The third kappa shape index (κ3) is 7.64. The summed E-state index contributed by atoms with van der Waals surface area (Å²) in [7, 11) is -3.97. The number of thioether (sulfide) groups is 1. The van der Waals surface area contributed by atoms with Crippen molar-refractivity contribution in [2.45, 2.75) is 30.9 Å². The van der Waals surface area contributed by atoms with Crippen LogP contribution in [0, 0.1) is 13.8 Å². The zero-order valence-electron chi connectivity index (χ0n) is 19.6. The maximum absolute atomic E-state index is 13.4. The van der Waals surface area contributed by atoms with Crippen LogP contribution in [0.1, 0.15) is 23.1 Å². The fourth-order valence-corrected chi connectivity index (χ4v) is 6.10. The van der Waals surface area contributed by atoms with Gasteiger partial charge in [0.05, 0.1) is 10.6 Å². The van der Waals surface area contributed by atoms with Crippen molar-refractivity contribution in [3.63, 3.8) is 0 Å². The molecule has 3 aromatic rings. The summed E-state index contributed by atoms with van der Waals surface area (Å²) in [5.74, 6) is 1.28. The van der Waals surface area contributed by atoms with Gasteiger partial charge in [-0.25, -0.2) is 8.42 Å². The molecule has 0 saturated heterocycles. The Morgan fingerprint density at radius 3 is 2.37 bits per heavy atom. The standard InChI is InChI=1S/C26H28Cl2N2O3S2/c1-19-8-11-23(16-20(19)2)30(35(32,33)24-12-9-22(27)10-13-24)17-26(31)29-14-5-15-34-18-21-6-3-4-7-25(21)28/h3-4,6-13,16H,5,14-15,17-18H2,1-2H3,(H,29,31). The van der Waals surface area contributed by atoms with Crippen molar-refractivity contribution in [3.8, 4) is 0 Å². The number of sulfonamides is 1. The lowest BCUT2D eigenvalue weighted by Crippen LogP contribution is -2.41. The largest absolute Gasteiger partial charge is 0.354 e. The Bertz CT molecular complexity index is 1270. The van der Waals surface area contributed by atoms with E-state index in [0.717, 1.165) is 43.9 Å². The van der Waals surface area contributed by atoms with Crippen LogP contribution < -0.4 is 9.62 Å². The Morgan fingerprint density at radius 2 is 1.69 bits per heavy atom. The third-order valence-corrected chi connectivity index (χ3v) is 8.97. The number of halogens is 2. The maximum Gasteiger partial charge on any atom is 0.264 e. The molecule has 5 nitrogen and oxygen atoms in total. The molecule has 0 radical (unpaired) electrons. The molecule has 0 fully saturated rings. The number of carbonyl (C=O) groups excluding carboxylic acids is 1. The van der Waals surface area contributed by atoms with Crippen molar-refractivity contribution < 1.29 is 13.2 Å². The predicted octanol–water partition coefficient (Wildman–Crippen LogP) is 6.25. The summed E-state index contributed by atoms with van der Waals surface area (Å²) in [5, 5.41) is 4.03. The molecule has 0 saturated carbocycles. The average molecular weight is 552 g/mol. The highest BCUT2D eigenvalue weighted by molar-refractivity contribution is 7.98. The van der Waals surface area contributed by atoms with Crippen LogP contribution in [0.2, 0.25) is 10.0 Å². The van der Waals surface area contributed by atoms with E-state index in [4.69, 9.17) is 23.2 Å². The second-order valence-electron chi connectivity index (χ2n) is 8.08. The van der Waals surface area contributed by atoms with Crippen LogP contribution in [-0.2, 0) is 20.6 Å². The molecule has 0 bridgehead atoms. The molecule has 0 heterocycles. The number of rotatable bonds is 11. The molecule has 0 aromatic heterocycles. The van der Waals surface area contributed by atoms with E-state index in [-0.39, 0.29) is 17.3 Å². The number of aryl methyl sites for hydroxylation is 2. The molecule has 0 aliphatic carbocycles. The molecule has 0 atom stereocenters. The van der Waals surface area contributed by atoms with E-state index >= 15 is 0 Å². The van der Waals surface area contributed by atoms with E-state index in [2.05, 4.69) is 5.32 Å². The van der Waals surface area contributed by atoms with E-state index in [1.54, 1.807) is 23.9 Å². The molecule has 0 aliphatic heterocycles. The van der Waals surface area contributed by atoms with Gasteiger partial charge in [-0.2, -0.15) is 11.8 Å². The normalized spacial score (nSPS) is 11.3. The van der Waals surface area contributed by atoms with Crippen molar-refractivity contribution >= 4 is 56.6 Å². The highest BCUT2D eigenvalue weighted by Gasteiger charge is 2.27. The van der Waals surface area contributed by atoms with Gasteiger partial charge in [0.1, 0.15) is 6.54 Å². The first-order valence-corrected chi connectivity index (χ1v) is 14.5. The van der Waals surface area contributed by atoms with Crippen molar-refractivity contribution in [2.24, 2.45) is 0 Å². The van der Waals surface area contributed by atoms with Gasteiger partial charge in [-0.1, -0.05) is 47.5 Å². The number of anilines is 1.